The van der Waals surface area contributed by atoms with Crippen LogP contribution >= 0.6 is 0 Å². The lowest BCUT2D eigenvalue weighted by Gasteiger charge is -2.19. The molecule has 1 saturated heterocycles. The number of hydrogen-bond acceptors (Lipinski definition) is 6. The van der Waals surface area contributed by atoms with E-state index >= 15 is 0 Å². The molecule has 0 spiro atoms. The third kappa shape index (κ3) is 8.36. The van der Waals surface area contributed by atoms with E-state index in [1.165, 1.54) is 51.2 Å². The van der Waals surface area contributed by atoms with Crippen molar-refractivity contribution in [3.63, 3.8) is 0 Å². The quantitative estimate of drug-likeness (QED) is 0.0846. The summed E-state index contributed by atoms with van der Waals surface area (Å²) in [6.07, 6.45) is 18.6. The maximum absolute atomic E-state index is 14.4. The maximum Gasteiger partial charge on any atom is 0.321 e. The Hall–Kier alpha value is -4.79. The van der Waals surface area contributed by atoms with Gasteiger partial charge in [0.2, 0.25) is 0 Å². The number of methoxy groups -OCH3 is 1. The number of fused-ring (bicyclic) bond motifs is 7. The Kier molecular flexibility index (Phi) is 12.5. The summed E-state index contributed by atoms with van der Waals surface area (Å²) in [7, 11) is 1.33. The molecular formula is C50H66N4O5. The summed E-state index contributed by atoms with van der Waals surface area (Å²) in [5.74, 6) is 0.193. The van der Waals surface area contributed by atoms with E-state index in [-0.39, 0.29) is 30.0 Å². The van der Waals surface area contributed by atoms with Crippen LogP contribution in [0.1, 0.15) is 153 Å². The van der Waals surface area contributed by atoms with Gasteiger partial charge in [-0.05, 0) is 104 Å². The number of Topliss-reactive ketones (excluding diaryl/α,β-unsaturated/α-hetero) is 1. The molecule has 2 aliphatic carbocycles. The second-order valence-corrected chi connectivity index (χ2v) is 18.4. The second kappa shape index (κ2) is 17.4. The Morgan fingerprint density at radius 2 is 1.63 bits per heavy atom. The zero-order chi connectivity index (χ0) is 42.3. The van der Waals surface area contributed by atoms with E-state index in [9.17, 15) is 14.4 Å². The number of hydrogen-bond donors (Lipinski definition) is 4. The van der Waals surface area contributed by atoms with Gasteiger partial charge in [-0.15, -0.1) is 0 Å². The number of esters is 2. The molecule has 0 amide bonds. The maximum atomic E-state index is 14.4. The van der Waals surface area contributed by atoms with Crippen molar-refractivity contribution in [2.45, 2.75) is 120 Å². The van der Waals surface area contributed by atoms with Crippen molar-refractivity contribution in [3.8, 4) is 0 Å². The minimum Gasteiger partial charge on any atom is -0.468 e. The first-order valence-electron chi connectivity index (χ1n) is 22.2. The highest BCUT2D eigenvalue weighted by atomic mass is 16.5. The summed E-state index contributed by atoms with van der Waals surface area (Å²) in [5.41, 5.74) is 11.4. The average molecular weight is 803 g/mol. The largest absolute Gasteiger partial charge is 0.468 e. The van der Waals surface area contributed by atoms with E-state index in [0.29, 0.717) is 41.7 Å². The van der Waals surface area contributed by atoms with E-state index in [0.717, 1.165) is 86.1 Å². The molecule has 6 atom stereocenters. The van der Waals surface area contributed by atoms with Crippen molar-refractivity contribution in [1.82, 2.24) is 20.3 Å². The van der Waals surface area contributed by atoms with Gasteiger partial charge in [0.05, 0.1) is 19.4 Å². The topological polar surface area (TPSA) is 129 Å². The van der Waals surface area contributed by atoms with Gasteiger partial charge in [0.25, 0.3) is 0 Å². The minimum atomic E-state index is -1.13. The lowest BCUT2D eigenvalue weighted by atomic mass is 9.85. The molecule has 59 heavy (non-hydrogen) atoms. The summed E-state index contributed by atoms with van der Waals surface area (Å²) >= 11 is 0. The zero-order valence-electron chi connectivity index (χ0n) is 36.9. The monoisotopic (exact) mass is 803 g/mol. The van der Waals surface area contributed by atoms with Crippen LogP contribution in [0.4, 0.5) is 0 Å². The van der Waals surface area contributed by atoms with Gasteiger partial charge in [-0.25, -0.2) is 0 Å². The zero-order valence-corrected chi connectivity index (χ0v) is 36.9. The van der Waals surface area contributed by atoms with Crippen LogP contribution in [0, 0.1) is 62.2 Å². The Morgan fingerprint density at radius 1 is 0.898 bits per heavy atom. The van der Waals surface area contributed by atoms with E-state index < -0.39 is 11.9 Å². The Bertz CT molecular complexity index is 2330. The Labute approximate surface area is 350 Å². The Balaban J connectivity index is 1.18. The first-order valence-corrected chi connectivity index (χ1v) is 22.2. The number of allylic oxidation sites excluding steroid dienone is 2. The molecule has 7 rings (SSSR count). The van der Waals surface area contributed by atoms with Crippen LogP contribution in [0.15, 0.2) is 18.0 Å². The predicted molar refractivity (Wildman–Crippen MR) is 236 cm³/mol. The highest BCUT2D eigenvalue weighted by Gasteiger charge is 2.48. The molecule has 9 heteroatoms. The summed E-state index contributed by atoms with van der Waals surface area (Å²) in [6, 6.07) is 0. The van der Waals surface area contributed by atoms with Crippen LogP contribution in [0.5, 0.6) is 0 Å². The van der Waals surface area contributed by atoms with Gasteiger partial charge < -0.3 is 29.7 Å². The van der Waals surface area contributed by atoms with Gasteiger partial charge in [-0.2, -0.15) is 0 Å². The summed E-state index contributed by atoms with van der Waals surface area (Å²) in [6.45, 7) is 22.1. The summed E-state index contributed by atoms with van der Waals surface area (Å²) in [5, 5.41) is 5.68. The first kappa shape index (κ1) is 42.3. The molecule has 2 unspecified atom stereocenters. The first-order chi connectivity index (χ1) is 28.3. The fourth-order valence-corrected chi connectivity index (χ4v) is 10.2. The average Bonchev–Trinajstić information content (AvgIpc) is 3.33. The molecule has 2 aliphatic heterocycles. The van der Waals surface area contributed by atoms with Gasteiger partial charge in [0.1, 0.15) is 5.92 Å². The third-order valence-electron chi connectivity index (χ3n) is 14.0. The smallest absolute Gasteiger partial charge is 0.321 e. The molecule has 2 fully saturated rings. The fourth-order valence-electron chi connectivity index (χ4n) is 10.2. The van der Waals surface area contributed by atoms with E-state index in [1.807, 2.05) is 13.0 Å². The molecule has 9 nitrogen and oxygen atoms in total. The molecule has 4 N–H and O–H groups in total. The molecule has 4 aliphatic rings. The highest BCUT2D eigenvalue weighted by molar-refractivity contribution is 6.24. The number of rotatable bonds is 16. The number of nitrogens with one attached hydrogen (secondary N) is 4. The highest BCUT2D eigenvalue weighted by Crippen LogP contribution is 2.48. The molecule has 8 bridgehead atoms. The van der Waals surface area contributed by atoms with Crippen LogP contribution in [0.3, 0.4) is 0 Å². The van der Waals surface area contributed by atoms with Crippen molar-refractivity contribution in [3.05, 3.63) is 84.8 Å². The third-order valence-corrected chi connectivity index (χ3v) is 14.0. The van der Waals surface area contributed by atoms with Crippen LogP contribution < -0.4 is 16.0 Å². The number of carbonyl (C=O) groups excluding carboxylic acids is 3. The van der Waals surface area contributed by atoms with Crippen molar-refractivity contribution in [2.75, 3.05) is 13.7 Å². The second-order valence-electron chi connectivity index (χ2n) is 18.4. The van der Waals surface area contributed by atoms with Crippen molar-refractivity contribution < 1.29 is 23.9 Å². The van der Waals surface area contributed by atoms with Gasteiger partial charge in [0.15, 0.2) is 5.78 Å². The van der Waals surface area contributed by atoms with Crippen LogP contribution in [0.25, 0.3) is 29.9 Å². The number of H-pyrrole nitrogens is 3. The van der Waals surface area contributed by atoms with E-state index in [1.54, 1.807) is 0 Å². The number of aromatic amines is 3. The lowest BCUT2D eigenvalue weighted by Crippen LogP contribution is -2.25. The SMILES string of the molecule is C=Cc1c2[nH]c(c1C)/C=C1\N/C(=C3\c4[nH]c(c(C)c4C(=O)[C@@H]3C(=O)OC)/C=c3\[nH]/c(c(C)c3CC)=C\2)[C@@H](CCC(=O)OCC2CC2CCC[C@H](C)CCCC(C)C)[C@@H]1C. The molecule has 0 aromatic carbocycles. The Morgan fingerprint density at radius 3 is 2.34 bits per heavy atom. The normalized spacial score (nSPS) is 25.4. The van der Waals surface area contributed by atoms with Gasteiger partial charge in [-0.3, -0.25) is 14.4 Å². The summed E-state index contributed by atoms with van der Waals surface area (Å²) < 4.78 is 11.2. The molecular weight excluding hydrogens is 737 g/mol. The van der Waals surface area contributed by atoms with Crippen LogP contribution in [0.2, 0.25) is 0 Å². The van der Waals surface area contributed by atoms with Crippen LogP contribution in [-0.2, 0) is 25.5 Å². The summed E-state index contributed by atoms with van der Waals surface area (Å²) in [4.78, 5) is 52.3. The predicted octanol–water partition coefficient (Wildman–Crippen LogP) is 8.96. The molecule has 3 aromatic heterocycles. The minimum absolute atomic E-state index is 0.0664. The van der Waals surface area contributed by atoms with Crippen LogP contribution in [-0.4, -0.2) is 46.4 Å². The van der Waals surface area contributed by atoms with Gasteiger partial charge >= 0.3 is 11.9 Å². The van der Waals surface area contributed by atoms with Crippen molar-refractivity contribution in [2.24, 2.45) is 41.4 Å². The number of aromatic nitrogens is 3. The lowest BCUT2D eigenvalue weighted by molar-refractivity contribution is -0.144. The molecule has 316 valence electrons. The van der Waals surface area contributed by atoms with E-state index in [4.69, 9.17) is 9.47 Å². The molecule has 0 radical (unpaired) electrons. The molecule has 1 saturated carbocycles. The molecule has 3 aromatic rings. The van der Waals surface area contributed by atoms with Crippen molar-refractivity contribution in [1.29, 1.82) is 0 Å². The number of carbonyl (C=O) groups is 3. The standard InChI is InChI=1S/C50H66N4O5/c1-11-34-28(6)37-22-39-30(8)36(19-20-43(55)59-25-33-21-32(33)18-14-17-27(5)16-13-15-26(3)4)47(53-39)45-46(50(57)58-10)49(56)44-31(9)40(54-48(44)45)24-42-35(12-2)29(7)38(52-42)23-41(34)51-37/h11,22-24,26-27,30,32-33,36,46,51-54H,1,12-21,25H2,2-10H3/b38-23-,39-22-,42-24-,47-45-/t27-,30+,32?,33?,36+,46-/m1/s1. The van der Waals surface area contributed by atoms with Crippen molar-refractivity contribution >= 4 is 47.6 Å². The van der Waals surface area contributed by atoms with E-state index in [2.05, 4.69) is 93.5 Å². The number of ketones is 1. The fraction of sp³-hybridized carbons (Fsp3) is 0.540. The molecule has 5 heterocycles. The van der Waals surface area contributed by atoms with Gasteiger partial charge in [0, 0.05) is 74.1 Å². The van der Waals surface area contributed by atoms with Gasteiger partial charge in [-0.1, -0.05) is 85.8 Å². The number of ether oxygens (including phenoxy) is 2.